The van der Waals surface area contributed by atoms with Crippen LogP contribution < -0.4 is 5.56 Å². The summed E-state index contributed by atoms with van der Waals surface area (Å²) in [5.41, 5.74) is 2.40. The van der Waals surface area contributed by atoms with Crippen molar-refractivity contribution in [3.8, 4) is 0 Å². The summed E-state index contributed by atoms with van der Waals surface area (Å²) in [7, 11) is 0. The van der Waals surface area contributed by atoms with Crippen molar-refractivity contribution in [3.63, 3.8) is 0 Å². The molecule has 0 bridgehead atoms. The molecule has 2 aromatic heterocycles. The minimum Gasteiger partial charge on any atom is -0.338 e. The van der Waals surface area contributed by atoms with E-state index in [1.54, 1.807) is 24.5 Å². The van der Waals surface area contributed by atoms with Gasteiger partial charge in [0.25, 0.3) is 11.5 Å². The van der Waals surface area contributed by atoms with Crippen LogP contribution in [0.25, 0.3) is 0 Å². The molecule has 6 nitrogen and oxygen atoms in total. The normalized spacial score (nSPS) is 19.0. The largest absolute Gasteiger partial charge is 0.338 e. The minimum absolute atomic E-state index is 0. The molecule has 0 saturated carbocycles. The summed E-state index contributed by atoms with van der Waals surface area (Å²) in [6, 6.07) is 3.51. The van der Waals surface area contributed by atoms with E-state index in [2.05, 4.69) is 14.5 Å². The van der Waals surface area contributed by atoms with Gasteiger partial charge in [0.1, 0.15) is 5.82 Å². The van der Waals surface area contributed by atoms with Gasteiger partial charge in [0.2, 0.25) is 0 Å². The van der Waals surface area contributed by atoms with Crippen molar-refractivity contribution in [1.82, 2.24) is 19.4 Å². The fraction of sp³-hybridized carbons (Fsp3) is 0.474. The Hall–Kier alpha value is -2.21. The number of rotatable bonds is 2. The van der Waals surface area contributed by atoms with Crippen LogP contribution >= 0.6 is 12.4 Å². The van der Waals surface area contributed by atoms with Crippen LogP contribution in [0.15, 0.2) is 29.3 Å². The molecule has 1 fully saturated rings. The highest BCUT2D eigenvalue weighted by Gasteiger charge is 2.30. The molecular formula is C19H23ClN4O2. The molecule has 4 heterocycles. The minimum atomic E-state index is -0.110. The van der Waals surface area contributed by atoms with Crippen LogP contribution in [0.3, 0.4) is 0 Å². The number of carbonyl (C=O) groups is 1. The SMILES string of the molecule is Cc1c(C2CCCN(C(=O)c3ccncc3)C2)n2c(nc1=O)CCC2.Cl. The molecule has 0 N–H and O–H groups in total. The average molecular weight is 375 g/mol. The zero-order valence-corrected chi connectivity index (χ0v) is 15.7. The Labute approximate surface area is 158 Å². The molecule has 0 spiro atoms. The Kier molecular flexibility index (Phi) is 5.41. The van der Waals surface area contributed by atoms with Crippen LogP contribution in [0.2, 0.25) is 0 Å². The average Bonchev–Trinajstić information content (AvgIpc) is 3.10. The van der Waals surface area contributed by atoms with Gasteiger partial charge in [-0.3, -0.25) is 14.6 Å². The number of halogens is 1. The van der Waals surface area contributed by atoms with Crippen molar-refractivity contribution < 1.29 is 4.79 Å². The highest BCUT2D eigenvalue weighted by atomic mass is 35.5. The maximum Gasteiger partial charge on any atom is 0.276 e. The molecule has 0 aromatic carbocycles. The van der Waals surface area contributed by atoms with Gasteiger partial charge >= 0.3 is 0 Å². The van der Waals surface area contributed by atoms with E-state index in [1.807, 2.05) is 11.8 Å². The van der Waals surface area contributed by atoms with E-state index in [4.69, 9.17) is 0 Å². The van der Waals surface area contributed by atoms with Crippen LogP contribution in [0.5, 0.6) is 0 Å². The first-order valence-electron chi connectivity index (χ1n) is 8.94. The summed E-state index contributed by atoms with van der Waals surface area (Å²) in [4.78, 5) is 35.2. The van der Waals surface area contributed by atoms with E-state index in [0.717, 1.165) is 55.9 Å². The van der Waals surface area contributed by atoms with E-state index in [0.29, 0.717) is 12.1 Å². The molecule has 2 aliphatic rings. The van der Waals surface area contributed by atoms with Gasteiger partial charge in [0, 0.05) is 61.2 Å². The lowest BCUT2D eigenvalue weighted by Crippen LogP contribution is -2.40. The monoisotopic (exact) mass is 374 g/mol. The van der Waals surface area contributed by atoms with Gasteiger partial charge in [-0.2, -0.15) is 4.98 Å². The molecule has 1 atom stereocenters. The molecule has 7 heteroatoms. The van der Waals surface area contributed by atoms with Crippen molar-refractivity contribution in [3.05, 3.63) is 57.5 Å². The third-order valence-corrected chi connectivity index (χ3v) is 5.34. The molecule has 0 radical (unpaired) electrons. The molecule has 0 aliphatic carbocycles. The van der Waals surface area contributed by atoms with Crippen LogP contribution in [-0.2, 0) is 13.0 Å². The molecule has 26 heavy (non-hydrogen) atoms. The Morgan fingerprint density at radius 2 is 1.96 bits per heavy atom. The summed E-state index contributed by atoms with van der Waals surface area (Å²) < 4.78 is 2.22. The number of fused-ring (bicyclic) bond motifs is 1. The highest BCUT2D eigenvalue weighted by Crippen LogP contribution is 2.31. The molecule has 2 aliphatic heterocycles. The molecule has 4 rings (SSSR count). The first-order chi connectivity index (χ1) is 12.1. The molecule has 1 amide bonds. The van der Waals surface area contributed by atoms with Gasteiger partial charge < -0.3 is 9.47 Å². The van der Waals surface area contributed by atoms with Crippen molar-refractivity contribution in [2.24, 2.45) is 0 Å². The second-order valence-electron chi connectivity index (χ2n) is 6.92. The first-order valence-corrected chi connectivity index (χ1v) is 8.94. The molecule has 1 unspecified atom stereocenters. The predicted molar refractivity (Wildman–Crippen MR) is 101 cm³/mol. The molecule has 1 saturated heterocycles. The number of carbonyl (C=O) groups excluding carboxylic acids is 1. The maximum absolute atomic E-state index is 12.8. The van der Waals surface area contributed by atoms with Gasteiger partial charge in [-0.25, -0.2) is 0 Å². The third-order valence-electron chi connectivity index (χ3n) is 5.34. The first kappa shape index (κ1) is 18.6. The number of hydrogen-bond donors (Lipinski definition) is 0. The number of nitrogens with zero attached hydrogens (tertiary/aromatic N) is 4. The maximum atomic E-state index is 12.8. The zero-order chi connectivity index (χ0) is 17.4. The number of piperidine rings is 1. The van der Waals surface area contributed by atoms with E-state index >= 15 is 0 Å². The van der Waals surface area contributed by atoms with Crippen molar-refractivity contribution in [1.29, 1.82) is 0 Å². The lowest BCUT2D eigenvalue weighted by molar-refractivity contribution is 0.0704. The van der Waals surface area contributed by atoms with E-state index in [9.17, 15) is 9.59 Å². The lowest BCUT2D eigenvalue weighted by Gasteiger charge is -2.34. The van der Waals surface area contributed by atoms with Gasteiger partial charge in [0.15, 0.2) is 0 Å². The van der Waals surface area contributed by atoms with Crippen LogP contribution in [0.4, 0.5) is 0 Å². The Morgan fingerprint density at radius 3 is 2.73 bits per heavy atom. The quantitative estimate of drug-likeness (QED) is 0.809. The van der Waals surface area contributed by atoms with Crippen molar-refractivity contribution >= 4 is 18.3 Å². The van der Waals surface area contributed by atoms with Crippen LogP contribution in [-0.4, -0.2) is 38.4 Å². The van der Waals surface area contributed by atoms with Gasteiger partial charge in [-0.15, -0.1) is 12.4 Å². The summed E-state index contributed by atoms with van der Waals surface area (Å²) >= 11 is 0. The predicted octanol–water partition coefficient (Wildman–Crippen LogP) is 2.33. The van der Waals surface area contributed by atoms with Gasteiger partial charge in [-0.05, 0) is 38.3 Å². The van der Waals surface area contributed by atoms with E-state index < -0.39 is 0 Å². The fourth-order valence-electron chi connectivity index (χ4n) is 4.14. The van der Waals surface area contributed by atoms with Crippen LogP contribution in [0.1, 0.15) is 52.6 Å². The van der Waals surface area contributed by atoms with E-state index in [1.165, 1.54) is 0 Å². The Bertz CT molecular complexity index is 866. The topological polar surface area (TPSA) is 68.1 Å². The summed E-state index contributed by atoms with van der Waals surface area (Å²) in [5.74, 6) is 1.15. The highest BCUT2D eigenvalue weighted by molar-refractivity contribution is 5.94. The second-order valence-corrected chi connectivity index (χ2v) is 6.92. The zero-order valence-electron chi connectivity index (χ0n) is 14.9. The number of pyridine rings is 1. The summed E-state index contributed by atoms with van der Waals surface area (Å²) in [5, 5.41) is 0. The number of aryl methyl sites for hydroxylation is 1. The third kappa shape index (κ3) is 3.26. The Balaban J connectivity index is 0.00000196. The fourth-order valence-corrected chi connectivity index (χ4v) is 4.14. The van der Waals surface area contributed by atoms with E-state index in [-0.39, 0.29) is 29.8 Å². The molecule has 2 aromatic rings. The Morgan fingerprint density at radius 1 is 1.19 bits per heavy atom. The number of hydrogen-bond acceptors (Lipinski definition) is 4. The summed E-state index contributed by atoms with van der Waals surface area (Å²) in [6.45, 7) is 4.22. The standard InChI is InChI=1S/C19H22N4O2.ClH/c1-13-17(23-11-3-5-16(23)21-18(13)24)15-4-2-10-22(12-15)19(25)14-6-8-20-9-7-14;/h6-9,15H,2-5,10-12H2,1H3;1H. The van der Waals surface area contributed by atoms with Crippen molar-refractivity contribution in [2.45, 2.75) is 45.1 Å². The lowest BCUT2D eigenvalue weighted by atomic mass is 9.91. The second kappa shape index (κ2) is 7.58. The number of amides is 1. The van der Waals surface area contributed by atoms with Gasteiger partial charge in [-0.1, -0.05) is 0 Å². The number of aromatic nitrogens is 3. The summed E-state index contributed by atoms with van der Waals surface area (Å²) in [6.07, 6.45) is 7.16. The molecular weight excluding hydrogens is 352 g/mol. The smallest absolute Gasteiger partial charge is 0.276 e. The van der Waals surface area contributed by atoms with Gasteiger partial charge in [0.05, 0.1) is 0 Å². The number of likely N-dealkylation sites (tertiary alicyclic amines) is 1. The van der Waals surface area contributed by atoms with Crippen LogP contribution in [0, 0.1) is 6.92 Å². The molecule has 138 valence electrons. The van der Waals surface area contributed by atoms with Crippen molar-refractivity contribution in [2.75, 3.05) is 13.1 Å².